The van der Waals surface area contributed by atoms with Crippen molar-refractivity contribution < 1.29 is 0 Å². The number of aromatic nitrogens is 1. The molecule has 1 saturated carbocycles. The van der Waals surface area contributed by atoms with Crippen LogP contribution in [0.25, 0.3) is 0 Å². The van der Waals surface area contributed by atoms with E-state index in [-0.39, 0.29) is 0 Å². The molecular formula is C7H11N. The third kappa shape index (κ3) is 3.47. The van der Waals surface area contributed by atoms with Gasteiger partial charge in [0, 0.05) is 12.4 Å². The van der Waals surface area contributed by atoms with Crippen molar-refractivity contribution in [2.75, 3.05) is 0 Å². The second-order valence-electron chi connectivity index (χ2n) is 1.95. The molecule has 0 atom stereocenters. The maximum Gasteiger partial charge on any atom is 0.000496 e. The van der Waals surface area contributed by atoms with E-state index in [0.717, 1.165) is 0 Å². The lowest BCUT2D eigenvalue weighted by molar-refractivity contribution is 1.42. The summed E-state index contributed by atoms with van der Waals surface area (Å²) in [4.78, 5) is 2.86. The van der Waals surface area contributed by atoms with E-state index < -0.39 is 0 Å². The van der Waals surface area contributed by atoms with E-state index in [1.54, 1.807) is 0 Å². The van der Waals surface area contributed by atoms with E-state index in [1.807, 2.05) is 24.5 Å². The molecule has 8 heavy (non-hydrogen) atoms. The van der Waals surface area contributed by atoms with Crippen LogP contribution in [0.3, 0.4) is 0 Å². The normalized spacial score (nSPS) is 14.0. The summed E-state index contributed by atoms with van der Waals surface area (Å²) in [5, 5.41) is 0. The van der Waals surface area contributed by atoms with Crippen LogP contribution in [-0.4, -0.2) is 4.98 Å². The SMILES string of the molecule is C1CC1.c1cc[nH]c1. The highest BCUT2D eigenvalue weighted by atomic mass is 14.6. The van der Waals surface area contributed by atoms with E-state index in [0.29, 0.717) is 0 Å². The van der Waals surface area contributed by atoms with E-state index in [1.165, 1.54) is 19.3 Å². The monoisotopic (exact) mass is 109 g/mol. The Bertz CT molecular complexity index is 88.0. The zero-order chi connectivity index (χ0) is 5.66. The summed E-state index contributed by atoms with van der Waals surface area (Å²) < 4.78 is 0. The molecule has 0 amide bonds. The summed E-state index contributed by atoms with van der Waals surface area (Å²) in [6.07, 6.45) is 8.25. The van der Waals surface area contributed by atoms with Crippen LogP contribution in [0.4, 0.5) is 0 Å². The van der Waals surface area contributed by atoms with Gasteiger partial charge in [-0.05, 0) is 12.1 Å². The first-order chi connectivity index (χ1) is 4.00. The first-order valence-electron chi connectivity index (χ1n) is 3.08. The fourth-order valence-electron chi connectivity index (χ4n) is 0.278. The first kappa shape index (κ1) is 5.42. The van der Waals surface area contributed by atoms with Crippen LogP contribution in [0.1, 0.15) is 19.3 Å². The van der Waals surface area contributed by atoms with Gasteiger partial charge in [0.1, 0.15) is 0 Å². The van der Waals surface area contributed by atoms with Crippen molar-refractivity contribution >= 4 is 0 Å². The first-order valence-corrected chi connectivity index (χ1v) is 3.08. The molecule has 1 fully saturated rings. The maximum absolute atomic E-state index is 2.86. The van der Waals surface area contributed by atoms with Crippen LogP contribution in [0.15, 0.2) is 24.5 Å². The number of hydrogen-bond acceptors (Lipinski definition) is 0. The predicted molar refractivity (Wildman–Crippen MR) is 34.6 cm³/mol. The standard InChI is InChI=1S/C4H5N.C3H6/c1-2-4-5-3-1;1-2-3-1/h1-5H;1-3H2. The molecule has 0 aromatic carbocycles. The average Bonchev–Trinajstić information content (AvgIpc) is 2.55. The van der Waals surface area contributed by atoms with Gasteiger partial charge in [0.2, 0.25) is 0 Å². The van der Waals surface area contributed by atoms with Crippen LogP contribution >= 0.6 is 0 Å². The van der Waals surface area contributed by atoms with Crippen LogP contribution in [0.2, 0.25) is 0 Å². The Hall–Kier alpha value is -0.720. The summed E-state index contributed by atoms with van der Waals surface area (Å²) in [6.45, 7) is 0. The highest BCUT2D eigenvalue weighted by Gasteiger charge is 1.95. The average molecular weight is 109 g/mol. The Balaban J connectivity index is 0.0000000907. The Labute approximate surface area is 49.7 Å². The number of aromatic amines is 1. The molecule has 1 aromatic heterocycles. The van der Waals surface area contributed by atoms with Crippen LogP contribution in [-0.2, 0) is 0 Å². The number of H-pyrrole nitrogens is 1. The van der Waals surface area contributed by atoms with Crippen molar-refractivity contribution in [1.29, 1.82) is 0 Å². The van der Waals surface area contributed by atoms with Crippen molar-refractivity contribution in [3.8, 4) is 0 Å². The molecule has 0 unspecified atom stereocenters. The fourth-order valence-corrected chi connectivity index (χ4v) is 0.278. The molecule has 0 spiro atoms. The third-order valence-electron chi connectivity index (χ3n) is 0.850. The van der Waals surface area contributed by atoms with E-state index in [2.05, 4.69) is 4.98 Å². The van der Waals surface area contributed by atoms with Gasteiger partial charge in [0.15, 0.2) is 0 Å². The Morgan fingerprint density at radius 3 is 1.50 bits per heavy atom. The number of rotatable bonds is 0. The lowest BCUT2D eigenvalue weighted by atomic mass is 10.7. The maximum atomic E-state index is 2.86. The Kier molecular flexibility index (Phi) is 2.24. The zero-order valence-corrected chi connectivity index (χ0v) is 4.93. The van der Waals surface area contributed by atoms with Crippen LogP contribution in [0.5, 0.6) is 0 Å². The highest BCUT2D eigenvalue weighted by molar-refractivity contribution is 4.84. The van der Waals surface area contributed by atoms with Gasteiger partial charge in [0.25, 0.3) is 0 Å². The van der Waals surface area contributed by atoms with Crippen LogP contribution in [0, 0.1) is 0 Å². The molecule has 0 aliphatic heterocycles. The van der Waals surface area contributed by atoms with E-state index >= 15 is 0 Å². The largest absolute Gasteiger partial charge is 0.368 e. The van der Waals surface area contributed by atoms with Crippen molar-refractivity contribution in [2.24, 2.45) is 0 Å². The highest BCUT2D eigenvalue weighted by Crippen LogP contribution is 2.14. The molecule has 0 bridgehead atoms. The molecule has 1 heterocycles. The van der Waals surface area contributed by atoms with Gasteiger partial charge >= 0.3 is 0 Å². The lowest BCUT2D eigenvalue weighted by Crippen LogP contribution is -1.38. The minimum absolute atomic E-state index is 1.50. The zero-order valence-electron chi connectivity index (χ0n) is 4.93. The van der Waals surface area contributed by atoms with Crippen molar-refractivity contribution in [3.63, 3.8) is 0 Å². The molecule has 1 heteroatoms. The Morgan fingerprint density at radius 2 is 1.38 bits per heavy atom. The molecule has 1 aromatic rings. The van der Waals surface area contributed by atoms with Gasteiger partial charge in [-0.15, -0.1) is 0 Å². The predicted octanol–water partition coefficient (Wildman–Crippen LogP) is 2.18. The van der Waals surface area contributed by atoms with Gasteiger partial charge in [-0.2, -0.15) is 0 Å². The molecule has 2 rings (SSSR count). The topological polar surface area (TPSA) is 15.8 Å². The van der Waals surface area contributed by atoms with Crippen molar-refractivity contribution in [2.45, 2.75) is 19.3 Å². The second kappa shape index (κ2) is 3.30. The fraction of sp³-hybridized carbons (Fsp3) is 0.429. The van der Waals surface area contributed by atoms with Gasteiger partial charge in [0.05, 0.1) is 0 Å². The number of nitrogens with one attached hydrogen (secondary N) is 1. The minimum Gasteiger partial charge on any atom is -0.368 e. The van der Waals surface area contributed by atoms with Crippen LogP contribution < -0.4 is 0 Å². The quantitative estimate of drug-likeness (QED) is 0.525. The molecule has 1 nitrogen and oxygen atoms in total. The molecule has 0 saturated heterocycles. The van der Waals surface area contributed by atoms with Gasteiger partial charge in [-0.25, -0.2) is 0 Å². The third-order valence-corrected chi connectivity index (χ3v) is 0.850. The minimum atomic E-state index is 1.50. The summed E-state index contributed by atoms with van der Waals surface area (Å²) >= 11 is 0. The summed E-state index contributed by atoms with van der Waals surface area (Å²) in [6, 6.07) is 3.89. The summed E-state index contributed by atoms with van der Waals surface area (Å²) in [5.74, 6) is 0. The summed E-state index contributed by atoms with van der Waals surface area (Å²) in [7, 11) is 0. The molecular weight excluding hydrogens is 98.1 g/mol. The molecule has 0 radical (unpaired) electrons. The van der Waals surface area contributed by atoms with Gasteiger partial charge in [-0.1, -0.05) is 19.3 Å². The molecule has 1 aliphatic rings. The van der Waals surface area contributed by atoms with Crippen molar-refractivity contribution in [3.05, 3.63) is 24.5 Å². The van der Waals surface area contributed by atoms with Crippen molar-refractivity contribution in [1.82, 2.24) is 4.98 Å². The summed E-state index contributed by atoms with van der Waals surface area (Å²) in [5.41, 5.74) is 0. The van der Waals surface area contributed by atoms with E-state index in [4.69, 9.17) is 0 Å². The second-order valence-corrected chi connectivity index (χ2v) is 1.95. The van der Waals surface area contributed by atoms with Gasteiger partial charge < -0.3 is 4.98 Å². The smallest absolute Gasteiger partial charge is 0.000496 e. The van der Waals surface area contributed by atoms with E-state index in [9.17, 15) is 0 Å². The molecule has 44 valence electrons. The van der Waals surface area contributed by atoms with Gasteiger partial charge in [-0.3, -0.25) is 0 Å². The Morgan fingerprint density at radius 1 is 0.875 bits per heavy atom. The molecule has 1 aliphatic carbocycles. The molecule has 1 N–H and O–H groups in total. The lowest BCUT2D eigenvalue weighted by Gasteiger charge is -1.49. The number of hydrogen-bond donors (Lipinski definition) is 1.